The molecule has 0 radical (unpaired) electrons. The summed E-state index contributed by atoms with van der Waals surface area (Å²) in [6.07, 6.45) is -0.942. The predicted octanol–water partition coefficient (Wildman–Crippen LogP) is 1.70. The number of amides is 2. The lowest BCUT2D eigenvalue weighted by molar-refractivity contribution is -0.130. The molecule has 0 spiro atoms. The second-order valence-electron chi connectivity index (χ2n) is 6.11. The van der Waals surface area contributed by atoms with Crippen LogP contribution in [0.1, 0.15) is 36.1 Å². The highest BCUT2D eigenvalue weighted by Gasteiger charge is 2.31. The van der Waals surface area contributed by atoms with Crippen LogP contribution in [0.4, 0.5) is 0 Å². The first-order chi connectivity index (χ1) is 12.0. The van der Waals surface area contributed by atoms with Gasteiger partial charge in [0.1, 0.15) is 17.4 Å². The van der Waals surface area contributed by atoms with E-state index in [4.69, 9.17) is 4.52 Å². The van der Waals surface area contributed by atoms with Gasteiger partial charge < -0.3 is 19.4 Å². The van der Waals surface area contributed by atoms with E-state index in [1.165, 1.54) is 6.92 Å². The summed E-state index contributed by atoms with van der Waals surface area (Å²) in [5, 5.41) is 14.0. The summed E-state index contributed by atoms with van der Waals surface area (Å²) in [5.41, 5.74) is 1.47. The number of aromatic nitrogens is 1. The third-order valence-electron chi connectivity index (χ3n) is 4.37. The van der Waals surface area contributed by atoms with E-state index in [9.17, 15) is 14.7 Å². The first-order valence-electron chi connectivity index (χ1n) is 8.27. The molecule has 1 saturated heterocycles. The van der Waals surface area contributed by atoms with Gasteiger partial charge in [-0.2, -0.15) is 0 Å². The number of nitrogens with zero attached hydrogens (tertiary/aromatic N) is 3. The zero-order chi connectivity index (χ0) is 18.0. The molecule has 25 heavy (non-hydrogen) atoms. The van der Waals surface area contributed by atoms with Gasteiger partial charge in [0, 0.05) is 38.7 Å². The Morgan fingerprint density at radius 3 is 2.28 bits per heavy atom. The van der Waals surface area contributed by atoms with Crippen LogP contribution in [0.25, 0.3) is 11.3 Å². The molecule has 2 heterocycles. The van der Waals surface area contributed by atoms with Gasteiger partial charge in [-0.3, -0.25) is 9.59 Å². The predicted molar refractivity (Wildman–Crippen MR) is 90.7 cm³/mol. The highest BCUT2D eigenvalue weighted by molar-refractivity contribution is 6.01. The number of hydrogen-bond acceptors (Lipinski definition) is 5. The molecule has 1 aromatic heterocycles. The van der Waals surface area contributed by atoms with E-state index in [0.717, 1.165) is 5.56 Å². The van der Waals surface area contributed by atoms with Crippen LogP contribution in [-0.2, 0) is 4.79 Å². The second-order valence-corrected chi connectivity index (χ2v) is 6.11. The van der Waals surface area contributed by atoms with Crippen LogP contribution in [0.2, 0.25) is 0 Å². The van der Waals surface area contributed by atoms with Crippen molar-refractivity contribution < 1.29 is 19.2 Å². The molecule has 0 bridgehead atoms. The maximum atomic E-state index is 13.1. The van der Waals surface area contributed by atoms with Crippen molar-refractivity contribution in [2.75, 3.05) is 26.2 Å². The molecule has 0 saturated carbocycles. The third kappa shape index (κ3) is 3.41. The number of rotatable bonds is 3. The molecule has 7 heteroatoms. The molecule has 3 rings (SSSR count). The van der Waals surface area contributed by atoms with Gasteiger partial charge >= 0.3 is 0 Å². The molecule has 7 nitrogen and oxygen atoms in total. The van der Waals surface area contributed by atoms with Gasteiger partial charge in [-0.05, 0) is 6.92 Å². The van der Waals surface area contributed by atoms with E-state index in [0.29, 0.717) is 31.9 Å². The smallest absolute Gasteiger partial charge is 0.259 e. The fourth-order valence-electron chi connectivity index (χ4n) is 2.97. The summed E-state index contributed by atoms with van der Waals surface area (Å²) in [4.78, 5) is 27.9. The fraction of sp³-hybridized carbons (Fsp3) is 0.389. The normalized spacial score (nSPS) is 16.0. The fourth-order valence-corrected chi connectivity index (χ4v) is 2.97. The van der Waals surface area contributed by atoms with Crippen molar-refractivity contribution in [1.29, 1.82) is 0 Å². The van der Waals surface area contributed by atoms with Crippen molar-refractivity contribution in [3.05, 3.63) is 41.7 Å². The molecule has 2 amide bonds. The minimum absolute atomic E-state index is 0.00622. The van der Waals surface area contributed by atoms with E-state index in [1.807, 2.05) is 30.3 Å². The number of hydrogen-bond donors (Lipinski definition) is 1. The summed E-state index contributed by atoms with van der Waals surface area (Å²) < 4.78 is 5.27. The van der Waals surface area contributed by atoms with Gasteiger partial charge in [0.05, 0.1) is 0 Å². The number of benzene rings is 1. The summed E-state index contributed by atoms with van der Waals surface area (Å²) in [7, 11) is 0. The molecule has 1 fully saturated rings. The summed E-state index contributed by atoms with van der Waals surface area (Å²) in [6.45, 7) is 4.94. The van der Waals surface area contributed by atoms with E-state index >= 15 is 0 Å². The second kappa shape index (κ2) is 7.06. The number of carbonyl (C=O) groups excluding carboxylic acids is 2. The Morgan fingerprint density at radius 2 is 1.72 bits per heavy atom. The van der Waals surface area contributed by atoms with Crippen molar-refractivity contribution in [1.82, 2.24) is 15.0 Å². The average molecular weight is 343 g/mol. The van der Waals surface area contributed by atoms with Crippen LogP contribution < -0.4 is 0 Å². The highest BCUT2D eigenvalue weighted by Crippen LogP contribution is 2.30. The standard InChI is InChI=1S/C18H21N3O4/c1-12(22)17-15(16(19-25-17)14-6-4-3-5-7-14)18(24)21-10-8-20(9-11-21)13(2)23/h3-7,12,22H,8-11H2,1-2H3/t12-/m0/s1. The molecular formula is C18H21N3O4. The minimum Gasteiger partial charge on any atom is -0.385 e. The first kappa shape index (κ1) is 17.2. The van der Waals surface area contributed by atoms with E-state index in [2.05, 4.69) is 5.16 Å². The van der Waals surface area contributed by atoms with Crippen LogP contribution >= 0.6 is 0 Å². The summed E-state index contributed by atoms with van der Waals surface area (Å²) in [6, 6.07) is 9.27. The van der Waals surface area contributed by atoms with Crippen LogP contribution in [0.5, 0.6) is 0 Å². The molecule has 1 aliphatic rings. The van der Waals surface area contributed by atoms with Crippen molar-refractivity contribution in [2.24, 2.45) is 0 Å². The summed E-state index contributed by atoms with van der Waals surface area (Å²) in [5.74, 6) is -0.0659. The van der Waals surface area contributed by atoms with Gasteiger partial charge in [0.2, 0.25) is 5.91 Å². The van der Waals surface area contributed by atoms with Gasteiger partial charge in [0.25, 0.3) is 5.91 Å². The zero-order valence-electron chi connectivity index (χ0n) is 14.3. The zero-order valence-corrected chi connectivity index (χ0v) is 14.3. The average Bonchev–Trinajstić information content (AvgIpc) is 3.07. The maximum absolute atomic E-state index is 13.1. The van der Waals surface area contributed by atoms with E-state index in [-0.39, 0.29) is 23.1 Å². The Kier molecular flexibility index (Phi) is 4.85. The highest BCUT2D eigenvalue weighted by atomic mass is 16.5. The van der Waals surface area contributed by atoms with E-state index in [1.54, 1.807) is 16.7 Å². The Balaban J connectivity index is 1.92. The molecular weight excluding hydrogens is 322 g/mol. The Bertz CT molecular complexity index is 762. The lowest BCUT2D eigenvalue weighted by atomic mass is 10.0. The van der Waals surface area contributed by atoms with Crippen molar-refractivity contribution in [3.63, 3.8) is 0 Å². The molecule has 1 aromatic carbocycles. The van der Waals surface area contributed by atoms with Crippen molar-refractivity contribution in [3.8, 4) is 11.3 Å². The quantitative estimate of drug-likeness (QED) is 0.916. The van der Waals surface area contributed by atoms with E-state index < -0.39 is 6.10 Å². The molecule has 1 aliphatic heterocycles. The molecule has 1 atom stereocenters. The first-order valence-corrected chi connectivity index (χ1v) is 8.27. The molecule has 2 aromatic rings. The van der Waals surface area contributed by atoms with Gasteiger partial charge in [-0.15, -0.1) is 0 Å². The molecule has 132 valence electrons. The van der Waals surface area contributed by atoms with Crippen molar-refractivity contribution in [2.45, 2.75) is 20.0 Å². The number of aliphatic hydroxyl groups is 1. The summed E-state index contributed by atoms with van der Waals surface area (Å²) >= 11 is 0. The van der Waals surface area contributed by atoms with Crippen LogP contribution in [0.15, 0.2) is 34.9 Å². The van der Waals surface area contributed by atoms with Gasteiger partial charge in [-0.1, -0.05) is 35.5 Å². The molecule has 0 unspecified atom stereocenters. The third-order valence-corrected chi connectivity index (χ3v) is 4.37. The molecule has 1 N–H and O–H groups in total. The largest absolute Gasteiger partial charge is 0.385 e. The van der Waals surface area contributed by atoms with Gasteiger partial charge in [0.15, 0.2) is 5.76 Å². The number of carbonyl (C=O) groups is 2. The number of aliphatic hydroxyl groups excluding tert-OH is 1. The lowest BCUT2D eigenvalue weighted by Crippen LogP contribution is -2.50. The van der Waals surface area contributed by atoms with Crippen molar-refractivity contribution >= 4 is 11.8 Å². The van der Waals surface area contributed by atoms with Crippen LogP contribution in [0.3, 0.4) is 0 Å². The molecule has 0 aliphatic carbocycles. The lowest BCUT2D eigenvalue weighted by Gasteiger charge is -2.34. The number of piperazine rings is 1. The monoisotopic (exact) mass is 343 g/mol. The minimum atomic E-state index is -0.942. The topological polar surface area (TPSA) is 86.9 Å². The van der Waals surface area contributed by atoms with Crippen LogP contribution in [0, 0.1) is 0 Å². The Hall–Kier alpha value is -2.67. The van der Waals surface area contributed by atoms with Crippen LogP contribution in [-0.4, -0.2) is 58.1 Å². The maximum Gasteiger partial charge on any atom is 0.259 e. The SMILES string of the molecule is CC(=O)N1CCN(C(=O)c2c(-c3ccccc3)noc2[C@H](C)O)CC1. The Morgan fingerprint density at radius 1 is 1.12 bits per heavy atom. The van der Waals surface area contributed by atoms with Gasteiger partial charge in [-0.25, -0.2) is 0 Å². The Labute approximate surface area is 145 Å².